The van der Waals surface area contributed by atoms with Gasteiger partial charge in [0.1, 0.15) is 5.75 Å². The molecule has 0 aliphatic carbocycles. The lowest BCUT2D eigenvalue weighted by Gasteiger charge is -2.13. The highest BCUT2D eigenvalue weighted by atomic mass is 35.5. The number of hydrogen-bond donors (Lipinski definition) is 1. The number of rotatable bonds is 7. The van der Waals surface area contributed by atoms with Crippen LogP contribution in [0.25, 0.3) is 5.69 Å². The van der Waals surface area contributed by atoms with Crippen LogP contribution >= 0.6 is 46.9 Å². The maximum Gasteiger partial charge on any atom is 0.271 e. The van der Waals surface area contributed by atoms with Crippen LogP contribution in [0.15, 0.2) is 46.8 Å². The van der Waals surface area contributed by atoms with Gasteiger partial charge in [-0.25, -0.2) is 4.68 Å². The van der Waals surface area contributed by atoms with E-state index in [1.54, 1.807) is 35.9 Å². The van der Waals surface area contributed by atoms with Crippen molar-refractivity contribution in [2.24, 2.45) is 0 Å². The third kappa shape index (κ3) is 5.17. The van der Waals surface area contributed by atoms with E-state index in [2.05, 4.69) is 10.4 Å². The summed E-state index contributed by atoms with van der Waals surface area (Å²) in [4.78, 5) is 23.1. The normalized spacial score (nSPS) is 11.7. The number of nitro benzene ring substituents is 1. The summed E-state index contributed by atoms with van der Waals surface area (Å²) < 4.78 is 7.93. The lowest BCUT2D eigenvalue weighted by Crippen LogP contribution is -2.22. The molecule has 0 aliphatic rings. The van der Waals surface area contributed by atoms with Crippen molar-refractivity contribution in [1.82, 2.24) is 9.78 Å². The summed E-state index contributed by atoms with van der Waals surface area (Å²) in [6.07, 6.45) is 0. The van der Waals surface area contributed by atoms with Crippen molar-refractivity contribution in [3.63, 3.8) is 0 Å². The number of methoxy groups -OCH3 is 1. The van der Waals surface area contributed by atoms with Crippen LogP contribution in [0.4, 0.5) is 11.4 Å². The molecule has 1 N–H and O–H groups in total. The minimum absolute atomic E-state index is 0.147. The van der Waals surface area contributed by atoms with E-state index < -0.39 is 10.2 Å². The number of nitrogens with one attached hydrogen (secondary N) is 1. The van der Waals surface area contributed by atoms with E-state index in [0.717, 1.165) is 5.69 Å². The predicted molar refractivity (Wildman–Crippen MR) is 121 cm³/mol. The number of carbonyl (C=O) groups excluding carboxylic acids is 1. The van der Waals surface area contributed by atoms with E-state index in [9.17, 15) is 14.9 Å². The molecule has 0 bridgehead atoms. The standard InChI is InChI=1S/C18H15ClN4O4S3/c1-10(16(24)20-14-9-13(23(25)26)7-8-15(14)27-2)29-17-21-22(18(28)30-17)12-5-3-11(19)4-6-12/h3-10H,1-2H3,(H,20,24). The van der Waals surface area contributed by atoms with Gasteiger partial charge in [-0.3, -0.25) is 14.9 Å². The van der Waals surface area contributed by atoms with Gasteiger partial charge in [-0.15, -0.1) is 5.10 Å². The van der Waals surface area contributed by atoms with E-state index >= 15 is 0 Å². The lowest BCUT2D eigenvalue weighted by atomic mass is 10.2. The Balaban J connectivity index is 1.74. The fourth-order valence-electron chi connectivity index (χ4n) is 2.40. The first-order chi connectivity index (χ1) is 14.3. The molecule has 0 saturated carbocycles. The summed E-state index contributed by atoms with van der Waals surface area (Å²) in [5, 5.41) is 18.2. The number of aromatic nitrogens is 2. The molecule has 2 aromatic carbocycles. The third-order valence-electron chi connectivity index (χ3n) is 3.90. The second-order valence-electron chi connectivity index (χ2n) is 5.91. The zero-order chi connectivity index (χ0) is 21.8. The summed E-state index contributed by atoms with van der Waals surface area (Å²) in [6.45, 7) is 1.71. The number of hydrogen-bond acceptors (Lipinski definition) is 8. The number of ether oxygens (including phenoxy) is 1. The monoisotopic (exact) mass is 482 g/mol. The van der Waals surface area contributed by atoms with Gasteiger partial charge in [0.2, 0.25) is 5.91 Å². The van der Waals surface area contributed by atoms with Gasteiger partial charge in [-0.2, -0.15) is 0 Å². The Morgan fingerprint density at radius 3 is 2.70 bits per heavy atom. The highest BCUT2D eigenvalue weighted by Gasteiger charge is 2.20. The van der Waals surface area contributed by atoms with Crippen molar-refractivity contribution in [3.8, 4) is 11.4 Å². The van der Waals surface area contributed by atoms with Crippen LogP contribution in [-0.4, -0.2) is 33.0 Å². The average Bonchev–Trinajstić information content (AvgIpc) is 3.08. The molecule has 0 aliphatic heterocycles. The number of nitro groups is 1. The molecule has 30 heavy (non-hydrogen) atoms. The molecule has 0 radical (unpaired) electrons. The summed E-state index contributed by atoms with van der Waals surface area (Å²) in [6, 6.07) is 11.1. The van der Waals surface area contributed by atoms with Crippen LogP contribution in [0, 0.1) is 14.1 Å². The highest BCUT2D eigenvalue weighted by Crippen LogP contribution is 2.32. The Kier molecular flexibility index (Phi) is 7.08. The molecule has 3 aromatic rings. The number of carbonyl (C=O) groups is 1. The van der Waals surface area contributed by atoms with Gasteiger partial charge in [-0.05, 0) is 49.5 Å². The quantitative estimate of drug-likeness (QED) is 0.209. The van der Waals surface area contributed by atoms with Crippen LogP contribution < -0.4 is 10.1 Å². The summed E-state index contributed by atoms with van der Waals surface area (Å²) in [5.74, 6) is -0.0215. The van der Waals surface area contributed by atoms with Crippen LogP contribution in [0.1, 0.15) is 6.92 Å². The number of nitrogens with zero attached hydrogens (tertiary/aromatic N) is 3. The Morgan fingerprint density at radius 2 is 2.07 bits per heavy atom. The maximum atomic E-state index is 12.6. The number of thioether (sulfide) groups is 1. The molecule has 1 unspecified atom stereocenters. The Morgan fingerprint density at radius 1 is 1.37 bits per heavy atom. The first-order valence-electron chi connectivity index (χ1n) is 8.44. The molecular weight excluding hydrogens is 468 g/mol. The molecule has 0 fully saturated rings. The Bertz CT molecular complexity index is 1150. The molecular formula is C18H15ClN4O4S3. The number of halogens is 1. The van der Waals surface area contributed by atoms with Crippen LogP contribution in [-0.2, 0) is 4.79 Å². The largest absolute Gasteiger partial charge is 0.495 e. The minimum atomic E-state index is -0.538. The molecule has 8 nitrogen and oxygen atoms in total. The number of amides is 1. The van der Waals surface area contributed by atoms with E-state index in [0.29, 0.717) is 19.1 Å². The lowest BCUT2D eigenvalue weighted by molar-refractivity contribution is -0.384. The molecule has 12 heteroatoms. The van der Waals surface area contributed by atoms with Crippen LogP contribution in [0.5, 0.6) is 5.75 Å². The van der Waals surface area contributed by atoms with Crippen molar-refractivity contribution in [2.75, 3.05) is 12.4 Å². The topological polar surface area (TPSA) is 99.3 Å². The first-order valence-corrected chi connectivity index (χ1v) is 10.9. The molecule has 1 aromatic heterocycles. The highest BCUT2D eigenvalue weighted by molar-refractivity contribution is 8.02. The number of anilines is 1. The second-order valence-corrected chi connectivity index (χ2v) is 9.56. The Labute approximate surface area is 190 Å². The number of benzene rings is 2. The SMILES string of the molecule is COc1ccc([N+](=O)[O-])cc1NC(=O)C(C)Sc1nn(-c2ccc(Cl)cc2)c(=S)s1. The molecule has 1 heterocycles. The van der Waals surface area contributed by atoms with E-state index in [1.165, 1.54) is 48.4 Å². The summed E-state index contributed by atoms with van der Waals surface area (Å²) in [5.41, 5.74) is 0.848. The van der Waals surface area contributed by atoms with Crippen LogP contribution in [0.2, 0.25) is 5.02 Å². The van der Waals surface area contributed by atoms with E-state index in [-0.39, 0.29) is 17.3 Å². The molecule has 1 amide bonds. The fourth-order valence-corrected chi connectivity index (χ4v) is 5.03. The smallest absolute Gasteiger partial charge is 0.271 e. The Hall–Kier alpha value is -2.47. The van der Waals surface area contributed by atoms with E-state index in [4.69, 9.17) is 28.6 Å². The summed E-state index contributed by atoms with van der Waals surface area (Å²) >= 11 is 13.8. The van der Waals surface area contributed by atoms with Gasteiger partial charge >= 0.3 is 0 Å². The summed E-state index contributed by atoms with van der Waals surface area (Å²) in [7, 11) is 1.42. The fraction of sp³-hybridized carbons (Fsp3) is 0.167. The first kappa shape index (κ1) is 22.2. The predicted octanol–water partition coefficient (Wildman–Crippen LogP) is 5.35. The number of non-ortho nitro benzene ring substituents is 1. The van der Waals surface area contributed by atoms with Crippen LogP contribution in [0.3, 0.4) is 0 Å². The zero-order valence-electron chi connectivity index (χ0n) is 15.7. The average molecular weight is 483 g/mol. The van der Waals surface area contributed by atoms with Crippen molar-refractivity contribution in [3.05, 3.63) is 61.6 Å². The third-order valence-corrected chi connectivity index (χ3v) is 6.57. The molecule has 1 atom stereocenters. The molecule has 0 saturated heterocycles. The molecule has 3 rings (SSSR count). The zero-order valence-corrected chi connectivity index (χ0v) is 18.9. The molecule has 0 spiro atoms. The van der Waals surface area contributed by atoms with Crippen molar-refractivity contribution < 1.29 is 14.5 Å². The second kappa shape index (κ2) is 9.56. The van der Waals surface area contributed by atoms with Gasteiger partial charge in [0.25, 0.3) is 5.69 Å². The van der Waals surface area contributed by atoms with Gasteiger partial charge in [-0.1, -0.05) is 34.7 Å². The maximum absolute atomic E-state index is 12.6. The van der Waals surface area contributed by atoms with Gasteiger partial charge in [0.15, 0.2) is 8.29 Å². The van der Waals surface area contributed by atoms with Gasteiger partial charge in [0.05, 0.1) is 28.7 Å². The van der Waals surface area contributed by atoms with E-state index in [1.807, 2.05) is 0 Å². The van der Waals surface area contributed by atoms with Gasteiger partial charge < -0.3 is 10.1 Å². The van der Waals surface area contributed by atoms with Gasteiger partial charge in [0, 0.05) is 17.2 Å². The van der Waals surface area contributed by atoms with Crippen molar-refractivity contribution in [1.29, 1.82) is 0 Å². The minimum Gasteiger partial charge on any atom is -0.495 e. The van der Waals surface area contributed by atoms with Crippen molar-refractivity contribution >= 4 is 64.2 Å². The molecule has 156 valence electrons. The van der Waals surface area contributed by atoms with Crippen molar-refractivity contribution in [2.45, 2.75) is 16.5 Å².